The Kier molecular flexibility index (Phi) is 3.73. The molecule has 0 aromatic carbocycles. The molecule has 18 heavy (non-hydrogen) atoms. The summed E-state index contributed by atoms with van der Waals surface area (Å²) in [4.78, 5) is 15.9. The Balaban J connectivity index is 2.38. The molecule has 0 saturated carbocycles. The monoisotopic (exact) mass is 286 g/mol. The fourth-order valence-electron chi connectivity index (χ4n) is 1.63. The average Bonchev–Trinajstić information content (AvgIpc) is 2.78. The van der Waals surface area contributed by atoms with E-state index in [0.29, 0.717) is 6.54 Å². The minimum absolute atomic E-state index is 0.0118. The third-order valence-corrected chi connectivity index (χ3v) is 3.31. The van der Waals surface area contributed by atoms with Crippen molar-refractivity contribution in [2.24, 2.45) is 0 Å². The predicted molar refractivity (Wildman–Crippen MR) is 70.2 cm³/mol. The van der Waals surface area contributed by atoms with Gasteiger partial charge in [0.25, 0.3) is 5.56 Å². The Labute approximate surface area is 114 Å². The van der Waals surface area contributed by atoms with Crippen molar-refractivity contribution in [2.45, 2.75) is 26.4 Å². The van der Waals surface area contributed by atoms with Gasteiger partial charge in [0.05, 0.1) is 36.0 Å². The number of hydrogen-bond donors (Lipinski definition) is 0. The number of aromatic nitrogens is 4. The molecule has 96 valence electrons. The van der Waals surface area contributed by atoms with Crippen molar-refractivity contribution in [1.82, 2.24) is 19.3 Å². The lowest BCUT2D eigenvalue weighted by atomic mass is 10.3. The fraction of sp³-hybridized carbons (Fsp3) is 0.364. The van der Waals surface area contributed by atoms with Gasteiger partial charge >= 0.3 is 0 Å². The maximum Gasteiger partial charge on any atom is 0.287 e. The van der Waals surface area contributed by atoms with Gasteiger partial charge in [-0.1, -0.05) is 23.2 Å². The molecule has 5 nitrogen and oxygen atoms in total. The van der Waals surface area contributed by atoms with E-state index in [-0.39, 0.29) is 16.1 Å². The predicted octanol–water partition coefficient (Wildman–Crippen LogP) is 2.38. The van der Waals surface area contributed by atoms with Crippen LogP contribution in [0, 0.1) is 0 Å². The molecular formula is C11H12Cl2N4O. The molecule has 0 saturated heterocycles. The quantitative estimate of drug-likeness (QED) is 0.871. The minimum Gasteiger partial charge on any atom is -0.330 e. The molecule has 7 heteroatoms. The summed E-state index contributed by atoms with van der Waals surface area (Å²) in [5.41, 5.74) is 0.485. The van der Waals surface area contributed by atoms with Gasteiger partial charge in [0, 0.05) is 6.04 Å². The van der Waals surface area contributed by atoms with Gasteiger partial charge in [0.1, 0.15) is 5.02 Å². The van der Waals surface area contributed by atoms with Crippen LogP contribution in [0.1, 0.15) is 25.6 Å². The molecule has 0 aliphatic heterocycles. The van der Waals surface area contributed by atoms with Gasteiger partial charge in [0.2, 0.25) is 0 Å². The molecule has 0 spiro atoms. The van der Waals surface area contributed by atoms with Crippen molar-refractivity contribution < 1.29 is 0 Å². The Bertz CT molecular complexity index is 618. The highest BCUT2D eigenvalue weighted by Gasteiger charge is 2.11. The van der Waals surface area contributed by atoms with Crippen LogP contribution in [0.2, 0.25) is 10.0 Å². The van der Waals surface area contributed by atoms with Crippen LogP contribution in [-0.4, -0.2) is 19.3 Å². The second kappa shape index (κ2) is 5.12. The van der Waals surface area contributed by atoms with Crippen LogP contribution in [0.25, 0.3) is 0 Å². The zero-order valence-corrected chi connectivity index (χ0v) is 11.5. The second-order valence-corrected chi connectivity index (χ2v) is 4.94. The summed E-state index contributed by atoms with van der Waals surface area (Å²) in [5.74, 6) is 0. The minimum atomic E-state index is -0.402. The van der Waals surface area contributed by atoms with Gasteiger partial charge in [-0.05, 0) is 13.8 Å². The highest BCUT2D eigenvalue weighted by Crippen LogP contribution is 2.15. The molecule has 0 N–H and O–H groups in total. The van der Waals surface area contributed by atoms with E-state index in [1.165, 1.54) is 10.9 Å². The van der Waals surface area contributed by atoms with Crippen molar-refractivity contribution in [3.63, 3.8) is 0 Å². The third kappa shape index (κ3) is 2.42. The number of halogens is 2. The second-order valence-electron chi connectivity index (χ2n) is 4.16. The van der Waals surface area contributed by atoms with Gasteiger partial charge in [-0.25, -0.2) is 9.67 Å². The summed E-state index contributed by atoms with van der Waals surface area (Å²) < 4.78 is 3.24. The van der Waals surface area contributed by atoms with Gasteiger partial charge in [-0.15, -0.1) is 0 Å². The maximum atomic E-state index is 11.9. The summed E-state index contributed by atoms with van der Waals surface area (Å²) in [5, 5.41) is 4.11. The highest BCUT2D eigenvalue weighted by molar-refractivity contribution is 6.41. The van der Waals surface area contributed by atoms with E-state index in [1.807, 2.05) is 18.4 Å². The first-order valence-electron chi connectivity index (χ1n) is 5.42. The normalized spacial score (nSPS) is 11.2. The van der Waals surface area contributed by atoms with Crippen LogP contribution in [0.4, 0.5) is 0 Å². The number of nitrogens with zero attached hydrogens (tertiary/aromatic N) is 4. The molecule has 2 aromatic heterocycles. The topological polar surface area (TPSA) is 52.7 Å². The first-order valence-corrected chi connectivity index (χ1v) is 6.18. The summed E-state index contributed by atoms with van der Waals surface area (Å²) in [6.45, 7) is 4.39. The maximum absolute atomic E-state index is 11.9. The largest absolute Gasteiger partial charge is 0.330 e. The summed E-state index contributed by atoms with van der Waals surface area (Å²) in [6, 6.07) is 0.265. The number of rotatable bonds is 3. The van der Waals surface area contributed by atoms with Crippen molar-refractivity contribution in [3.8, 4) is 0 Å². The molecule has 0 amide bonds. The van der Waals surface area contributed by atoms with Crippen LogP contribution in [0.5, 0.6) is 0 Å². The summed E-state index contributed by atoms with van der Waals surface area (Å²) in [7, 11) is 0. The van der Waals surface area contributed by atoms with Gasteiger partial charge < -0.3 is 4.57 Å². The smallest absolute Gasteiger partial charge is 0.287 e. The van der Waals surface area contributed by atoms with E-state index >= 15 is 0 Å². The third-order valence-electron chi connectivity index (χ3n) is 2.56. The average molecular weight is 287 g/mol. The van der Waals surface area contributed by atoms with Gasteiger partial charge in [-0.3, -0.25) is 4.79 Å². The SMILES string of the molecule is CC(C)n1cncc1Cn1ncc(Cl)c(Cl)c1=O. The lowest BCUT2D eigenvalue weighted by molar-refractivity contribution is 0.537. The zero-order valence-electron chi connectivity index (χ0n) is 9.97. The van der Waals surface area contributed by atoms with E-state index in [9.17, 15) is 4.79 Å². The van der Waals surface area contributed by atoms with Crippen molar-refractivity contribution >= 4 is 23.2 Å². The first kappa shape index (κ1) is 13.1. The Morgan fingerprint density at radius 1 is 1.33 bits per heavy atom. The lowest BCUT2D eigenvalue weighted by Gasteiger charge is -2.12. The molecule has 0 unspecified atom stereocenters. The highest BCUT2D eigenvalue weighted by atomic mass is 35.5. The molecule has 2 aromatic rings. The lowest BCUT2D eigenvalue weighted by Crippen LogP contribution is -2.25. The van der Waals surface area contributed by atoms with Crippen LogP contribution in [0.15, 0.2) is 23.5 Å². The van der Waals surface area contributed by atoms with Crippen LogP contribution in [-0.2, 0) is 6.54 Å². The number of imidazole rings is 1. The molecule has 2 rings (SSSR count). The zero-order chi connectivity index (χ0) is 13.3. The first-order chi connectivity index (χ1) is 8.50. The molecule has 0 bridgehead atoms. The molecular weight excluding hydrogens is 275 g/mol. The molecule has 0 radical (unpaired) electrons. The van der Waals surface area contributed by atoms with E-state index in [0.717, 1.165) is 5.69 Å². The number of hydrogen-bond acceptors (Lipinski definition) is 3. The fourth-order valence-corrected chi connectivity index (χ4v) is 1.90. The van der Waals surface area contributed by atoms with Crippen molar-refractivity contribution in [1.29, 1.82) is 0 Å². The Morgan fingerprint density at radius 2 is 2.06 bits per heavy atom. The van der Waals surface area contributed by atoms with E-state index in [2.05, 4.69) is 10.1 Å². The van der Waals surface area contributed by atoms with Crippen LogP contribution < -0.4 is 5.56 Å². The standard InChI is InChI=1S/C11H12Cl2N4O/c1-7(2)16-6-14-3-8(16)5-17-11(18)10(13)9(12)4-15-17/h3-4,6-7H,5H2,1-2H3. The molecule has 0 fully saturated rings. The van der Waals surface area contributed by atoms with E-state index in [1.54, 1.807) is 12.5 Å². The van der Waals surface area contributed by atoms with E-state index in [4.69, 9.17) is 23.2 Å². The van der Waals surface area contributed by atoms with Gasteiger partial charge in [-0.2, -0.15) is 5.10 Å². The van der Waals surface area contributed by atoms with Crippen molar-refractivity contribution in [2.75, 3.05) is 0 Å². The Hall–Kier alpha value is -1.33. The summed E-state index contributed by atoms with van der Waals surface area (Å²) >= 11 is 11.5. The molecule has 0 aliphatic carbocycles. The molecule has 0 aliphatic rings. The molecule has 2 heterocycles. The van der Waals surface area contributed by atoms with Crippen molar-refractivity contribution in [3.05, 3.63) is 44.8 Å². The molecule has 0 atom stereocenters. The van der Waals surface area contributed by atoms with E-state index < -0.39 is 5.56 Å². The van der Waals surface area contributed by atoms with Gasteiger partial charge in [0.15, 0.2) is 0 Å². The summed E-state index contributed by atoms with van der Waals surface area (Å²) in [6.07, 6.45) is 4.79. The Morgan fingerprint density at radius 3 is 2.72 bits per heavy atom. The van der Waals surface area contributed by atoms with Crippen LogP contribution in [0.3, 0.4) is 0 Å². The van der Waals surface area contributed by atoms with Crippen LogP contribution >= 0.6 is 23.2 Å².